The Labute approximate surface area is 196 Å². The number of carbonyl (C=O) groups excluding carboxylic acids is 1. The molecular weight excluding hydrogens is 416 g/mol. The zero-order chi connectivity index (χ0) is 23.3. The summed E-state index contributed by atoms with van der Waals surface area (Å²) >= 11 is 1.80. The molecule has 1 aliphatic rings. The summed E-state index contributed by atoms with van der Waals surface area (Å²) < 4.78 is 8.52. The van der Waals surface area contributed by atoms with Crippen LogP contribution in [0.25, 0.3) is 10.8 Å². The molecule has 0 aromatic heterocycles. The number of terminal acetylenes is 1. The van der Waals surface area contributed by atoms with Gasteiger partial charge >= 0.3 is 5.97 Å². The van der Waals surface area contributed by atoms with Crippen LogP contribution in [-0.4, -0.2) is 30.9 Å². The molecule has 0 spiro atoms. The zero-order valence-corrected chi connectivity index (χ0v) is 20.5. The van der Waals surface area contributed by atoms with Crippen molar-refractivity contribution in [1.82, 2.24) is 0 Å². The second kappa shape index (κ2) is 10.8. The van der Waals surface area contributed by atoms with Crippen molar-refractivity contribution in [2.24, 2.45) is 11.8 Å². The topological polar surface area (TPSA) is 41.6 Å². The Kier molecular flexibility index (Phi) is 8.15. The van der Waals surface area contributed by atoms with E-state index >= 15 is 0 Å². The molecule has 3 rings (SSSR count). The molecule has 4 atom stereocenters. The minimum Gasteiger partial charge on any atom is -0.469 e. The summed E-state index contributed by atoms with van der Waals surface area (Å²) in [6.45, 7) is 9.31. The predicted molar refractivity (Wildman–Crippen MR) is 138 cm³/mol. The molecule has 4 nitrogen and oxygen atoms in total. The van der Waals surface area contributed by atoms with E-state index < -0.39 is 0 Å². The smallest absolute Gasteiger partial charge is 0.307 e. The normalized spacial score (nSPS) is 21.4. The van der Waals surface area contributed by atoms with Crippen LogP contribution in [0.2, 0.25) is 0 Å². The third kappa shape index (κ3) is 5.42. The van der Waals surface area contributed by atoms with Crippen molar-refractivity contribution in [3.8, 4) is 12.3 Å². The van der Waals surface area contributed by atoms with Crippen molar-refractivity contribution in [2.45, 2.75) is 51.8 Å². The lowest BCUT2D eigenvalue weighted by Crippen LogP contribution is -2.35. The first-order valence-electron chi connectivity index (χ1n) is 11.2. The fraction of sp³-hybridized carbons (Fsp3) is 0.444. The molecule has 4 unspecified atom stereocenters. The predicted octanol–water partition coefficient (Wildman–Crippen LogP) is 6.28. The van der Waals surface area contributed by atoms with E-state index in [1.807, 2.05) is 13.0 Å². The van der Waals surface area contributed by atoms with Crippen LogP contribution in [-0.2, 0) is 9.53 Å². The first kappa shape index (κ1) is 24.1. The molecule has 5 heteroatoms. The summed E-state index contributed by atoms with van der Waals surface area (Å²) in [5, 5.41) is 2.72. The highest BCUT2D eigenvalue weighted by Crippen LogP contribution is 2.39. The van der Waals surface area contributed by atoms with Gasteiger partial charge < -0.3 is 14.4 Å². The number of benzene rings is 2. The Morgan fingerprint density at radius 2 is 2.00 bits per heavy atom. The van der Waals surface area contributed by atoms with E-state index in [1.54, 1.807) is 11.9 Å². The lowest BCUT2D eigenvalue weighted by molar-refractivity contribution is -0.140. The SMILES string of the molecule is C#CCN(c1ccc(NSC2C(C)=CC(C)CC2C)c2ccccc12)C(C)CC(=O)OC. The largest absolute Gasteiger partial charge is 0.469 e. The Balaban J connectivity index is 1.90. The third-order valence-corrected chi connectivity index (χ3v) is 7.67. The number of allylic oxidation sites excluding steroid dienone is 1. The Morgan fingerprint density at radius 3 is 2.66 bits per heavy atom. The van der Waals surface area contributed by atoms with Crippen LogP contribution >= 0.6 is 11.9 Å². The molecule has 1 N–H and O–H groups in total. The molecule has 0 bridgehead atoms. The highest BCUT2D eigenvalue weighted by Gasteiger charge is 2.26. The molecule has 0 saturated heterocycles. The maximum atomic E-state index is 11.9. The van der Waals surface area contributed by atoms with Crippen molar-refractivity contribution < 1.29 is 9.53 Å². The van der Waals surface area contributed by atoms with E-state index in [9.17, 15) is 4.79 Å². The monoisotopic (exact) mass is 450 g/mol. The van der Waals surface area contributed by atoms with Crippen LogP contribution in [0.1, 0.15) is 40.5 Å². The van der Waals surface area contributed by atoms with Crippen LogP contribution in [0.3, 0.4) is 0 Å². The highest BCUT2D eigenvalue weighted by molar-refractivity contribution is 8.01. The summed E-state index contributed by atoms with van der Waals surface area (Å²) in [4.78, 5) is 14.0. The first-order valence-corrected chi connectivity index (χ1v) is 12.1. The number of esters is 1. The number of anilines is 2. The van der Waals surface area contributed by atoms with Gasteiger partial charge in [-0.25, -0.2) is 0 Å². The van der Waals surface area contributed by atoms with Gasteiger partial charge in [-0.2, -0.15) is 0 Å². The van der Waals surface area contributed by atoms with Crippen molar-refractivity contribution in [2.75, 3.05) is 23.3 Å². The number of nitrogens with one attached hydrogen (secondary N) is 1. The standard InChI is InChI=1S/C27H34N2O2S/c1-7-14-29(21(5)17-26(30)31-6)25-13-12-24(22-10-8-9-11-23(22)25)28-32-27-19(3)15-18(2)16-20(27)4/h1,8-13,15,18,20-21,27-28H,14,16-17H2,2-6H3. The van der Waals surface area contributed by atoms with E-state index in [-0.39, 0.29) is 18.4 Å². The van der Waals surface area contributed by atoms with Gasteiger partial charge in [0.15, 0.2) is 0 Å². The fourth-order valence-corrected chi connectivity index (χ4v) is 5.78. The average Bonchev–Trinajstić information content (AvgIpc) is 2.76. The third-order valence-electron chi connectivity index (χ3n) is 6.25. The van der Waals surface area contributed by atoms with Gasteiger partial charge in [-0.15, -0.1) is 6.42 Å². The molecule has 0 radical (unpaired) electrons. The van der Waals surface area contributed by atoms with E-state index in [4.69, 9.17) is 11.2 Å². The van der Waals surface area contributed by atoms with E-state index in [0.717, 1.165) is 22.1 Å². The lowest BCUT2D eigenvalue weighted by atomic mass is 9.84. The Bertz CT molecular complexity index is 1030. The maximum absolute atomic E-state index is 11.9. The molecule has 2 aromatic carbocycles. The number of methoxy groups -OCH3 is 1. The van der Waals surface area contributed by atoms with Crippen molar-refractivity contribution in [3.05, 3.63) is 48.0 Å². The average molecular weight is 451 g/mol. The molecule has 0 fully saturated rings. The van der Waals surface area contributed by atoms with E-state index in [2.05, 4.69) is 72.7 Å². The van der Waals surface area contributed by atoms with Gasteiger partial charge in [0.05, 0.1) is 25.8 Å². The van der Waals surface area contributed by atoms with Gasteiger partial charge in [-0.1, -0.05) is 55.7 Å². The van der Waals surface area contributed by atoms with E-state index in [1.165, 1.54) is 19.1 Å². The van der Waals surface area contributed by atoms with Gasteiger partial charge in [0.2, 0.25) is 0 Å². The van der Waals surface area contributed by atoms with Gasteiger partial charge in [0, 0.05) is 27.8 Å². The molecule has 170 valence electrons. The fourth-order valence-electron chi connectivity index (χ4n) is 4.74. The number of carbonyl (C=O) groups is 1. The number of fused-ring (bicyclic) bond motifs is 1. The van der Waals surface area contributed by atoms with Crippen molar-refractivity contribution in [3.63, 3.8) is 0 Å². The number of hydrogen-bond acceptors (Lipinski definition) is 5. The number of nitrogens with zero attached hydrogens (tertiary/aromatic N) is 1. The quantitative estimate of drug-likeness (QED) is 0.222. The second-order valence-electron chi connectivity index (χ2n) is 8.88. The molecule has 0 amide bonds. The summed E-state index contributed by atoms with van der Waals surface area (Å²) in [6, 6.07) is 12.5. The van der Waals surface area contributed by atoms with Gasteiger partial charge in [-0.3, -0.25) is 4.79 Å². The summed E-state index contributed by atoms with van der Waals surface area (Å²) in [5.41, 5.74) is 3.57. The number of rotatable bonds is 8. The van der Waals surface area contributed by atoms with Crippen LogP contribution < -0.4 is 9.62 Å². The molecule has 0 saturated carbocycles. The molecule has 0 aliphatic heterocycles. The Morgan fingerprint density at radius 1 is 1.28 bits per heavy atom. The van der Waals surface area contributed by atoms with Gasteiger partial charge in [0.25, 0.3) is 0 Å². The number of ether oxygens (including phenoxy) is 1. The van der Waals surface area contributed by atoms with Crippen molar-refractivity contribution >= 4 is 40.1 Å². The minimum atomic E-state index is -0.238. The highest BCUT2D eigenvalue weighted by atomic mass is 32.2. The summed E-state index contributed by atoms with van der Waals surface area (Å²) in [6.07, 6.45) is 9.58. The van der Waals surface area contributed by atoms with Crippen LogP contribution in [0, 0.1) is 24.2 Å². The second-order valence-corrected chi connectivity index (χ2v) is 9.83. The minimum absolute atomic E-state index is 0.0760. The molecule has 2 aromatic rings. The summed E-state index contributed by atoms with van der Waals surface area (Å²) in [5.74, 6) is 3.79. The van der Waals surface area contributed by atoms with E-state index in [0.29, 0.717) is 23.6 Å². The molecular formula is C27H34N2O2S. The molecule has 32 heavy (non-hydrogen) atoms. The summed E-state index contributed by atoms with van der Waals surface area (Å²) in [7, 11) is 1.42. The van der Waals surface area contributed by atoms with Gasteiger partial charge in [-0.05, 0) is 56.2 Å². The number of hydrogen-bond donors (Lipinski definition) is 1. The van der Waals surface area contributed by atoms with Crippen LogP contribution in [0.5, 0.6) is 0 Å². The molecule has 0 heterocycles. The maximum Gasteiger partial charge on any atom is 0.307 e. The lowest BCUT2D eigenvalue weighted by Gasteiger charge is -2.32. The molecule has 1 aliphatic carbocycles. The van der Waals surface area contributed by atoms with Crippen molar-refractivity contribution in [1.29, 1.82) is 0 Å². The van der Waals surface area contributed by atoms with Crippen LogP contribution in [0.4, 0.5) is 11.4 Å². The zero-order valence-electron chi connectivity index (χ0n) is 19.7. The van der Waals surface area contributed by atoms with Gasteiger partial charge in [0.1, 0.15) is 0 Å². The van der Waals surface area contributed by atoms with Crippen LogP contribution in [0.15, 0.2) is 48.0 Å². The Hall–Kier alpha value is -2.58. The first-order chi connectivity index (χ1) is 15.3.